The lowest BCUT2D eigenvalue weighted by molar-refractivity contribution is -0.116. The SMILES string of the molecule is CC(=O)c1ccccc1OCC[S@@](=O)CC(=O)N1c2ccccc2C[C@@H]1C. The highest BCUT2D eigenvalue weighted by molar-refractivity contribution is 7.85. The van der Waals surface area contributed by atoms with Crippen molar-refractivity contribution in [2.75, 3.05) is 23.0 Å². The fourth-order valence-electron chi connectivity index (χ4n) is 3.35. The van der Waals surface area contributed by atoms with Crippen molar-refractivity contribution in [3.8, 4) is 5.75 Å². The zero-order valence-electron chi connectivity index (χ0n) is 15.5. The lowest BCUT2D eigenvalue weighted by Crippen LogP contribution is -2.39. The van der Waals surface area contributed by atoms with Crippen LogP contribution in [0.1, 0.15) is 29.8 Å². The molecule has 0 aliphatic carbocycles. The number of carbonyl (C=O) groups excluding carboxylic acids is 2. The molecule has 2 aromatic carbocycles. The van der Waals surface area contributed by atoms with Crippen molar-refractivity contribution in [2.24, 2.45) is 0 Å². The summed E-state index contributed by atoms with van der Waals surface area (Å²) in [6, 6.07) is 14.9. The first-order valence-electron chi connectivity index (χ1n) is 8.95. The summed E-state index contributed by atoms with van der Waals surface area (Å²) in [6.07, 6.45) is 0.819. The molecule has 0 spiro atoms. The summed E-state index contributed by atoms with van der Waals surface area (Å²) in [5.74, 6) is 0.479. The van der Waals surface area contributed by atoms with Gasteiger partial charge < -0.3 is 9.64 Å². The monoisotopic (exact) mass is 385 g/mol. The lowest BCUT2D eigenvalue weighted by Gasteiger charge is -2.22. The molecule has 1 aliphatic rings. The van der Waals surface area contributed by atoms with Gasteiger partial charge in [0.15, 0.2) is 5.78 Å². The average molecular weight is 385 g/mol. The van der Waals surface area contributed by atoms with Crippen LogP contribution in [0.25, 0.3) is 0 Å². The smallest absolute Gasteiger partial charge is 0.239 e. The summed E-state index contributed by atoms with van der Waals surface area (Å²) < 4.78 is 18.0. The molecule has 2 atom stereocenters. The summed E-state index contributed by atoms with van der Waals surface area (Å²) in [4.78, 5) is 26.0. The molecule has 6 heteroatoms. The molecule has 0 fully saturated rings. The molecule has 0 aromatic heterocycles. The van der Waals surface area contributed by atoms with Crippen LogP contribution in [-0.4, -0.2) is 40.1 Å². The second-order valence-corrected chi connectivity index (χ2v) is 8.21. The molecule has 0 radical (unpaired) electrons. The molecule has 0 saturated heterocycles. The minimum atomic E-state index is -1.33. The van der Waals surface area contributed by atoms with Crippen molar-refractivity contribution >= 4 is 28.2 Å². The Bertz CT molecular complexity index is 880. The van der Waals surface area contributed by atoms with Crippen LogP contribution in [0.5, 0.6) is 5.75 Å². The molecule has 0 N–H and O–H groups in total. The Balaban J connectivity index is 1.54. The summed E-state index contributed by atoms with van der Waals surface area (Å²) >= 11 is 0. The number of ketones is 1. The number of amides is 1. The van der Waals surface area contributed by atoms with E-state index >= 15 is 0 Å². The first kappa shape index (κ1) is 19.3. The zero-order chi connectivity index (χ0) is 19.4. The lowest BCUT2D eigenvalue weighted by atomic mass is 10.1. The normalized spacial score (nSPS) is 16.7. The van der Waals surface area contributed by atoms with Crippen molar-refractivity contribution in [3.63, 3.8) is 0 Å². The van der Waals surface area contributed by atoms with Gasteiger partial charge in [-0.05, 0) is 44.0 Å². The number of anilines is 1. The average Bonchev–Trinajstić information content (AvgIpc) is 2.97. The van der Waals surface area contributed by atoms with E-state index in [0.717, 1.165) is 17.7 Å². The molecular formula is C21H23NO4S. The van der Waals surface area contributed by atoms with Gasteiger partial charge in [0.25, 0.3) is 0 Å². The number of rotatable bonds is 7. The Kier molecular flexibility index (Phi) is 6.06. The summed E-state index contributed by atoms with van der Waals surface area (Å²) in [5, 5.41) is 0. The van der Waals surface area contributed by atoms with Gasteiger partial charge in [0.05, 0.1) is 17.9 Å². The molecule has 3 rings (SSSR count). The number of benzene rings is 2. The van der Waals surface area contributed by atoms with Gasteiger partial charge in [-0.2, -0.15) is 0 Å². The maximum Gasteiger partial charge on any atom is 0.239 e. The number of hydrogen-bond donors (Lipinski definition) is 0. The highest BCUT2D eigenvalue weighted by Crippen LogP contribution is 2.31. The molecule has 5 nitrogen and oxygen atoms in total. The predicted molar refractivity (Wildman–Crippen MR) is 107 cm³/mol. The van der Waals surface area contributed by atoms with Crippen LogP contribution in [-0.2, 0) is 22.0 Å². The van der Waals surface area contributed by atoms with Gasteiger partial charge in [-0.3, -0.25) is 13.8 Å². The Labute approximate surface area is 161 Å². The van der Waals surface area contributed by atoms with Crippen molar-refractivity contribution < 1.29 is 18.5 Å². The molecule has 27 heavy (non-hydrogen) atoms. The molecule has 0 saturated carbocycles. The van der Waals surface area contributed by atoms with Gasteiger partial charge in [-0.1, -0.05) is 30.3 Å². The molecule has 0 bridgehead atoms. The van der Waals surface area contributed by atoms with Gasteiger partial charge in [0, 0.05) is 22.5 Å². The van der Waals surface area contributed by atoms with Crippen molar-refractivity contribution in [3.05, 3.63) is 59.7 Å². The molecule has 1 aliphatic heterocycles. The maximum atomic E-state index is 12.7. The quantitative estimate of drug-likeness (QED) is 0.688. The van der Waals surface area contributed by atoms with E-state index in [1.165, 1.54) is 6.92 Å². The second-order valence-electron chi connectivity index (χ2n) is 6.63. The number of ether oxygens (including phenoxy) is 1. The number of nitrogens with zero attached hydrogens (tertiary/aromatic N) is 1. The van der Waals surface area contributed by atoms with Crippen LogP contribution >= 0.6 is 0 Å². The Morgan fingerprint density at radius 3 is 2.63 bits per heavy atom. The third-order valence-corrected chi connectivity index (χ3v) is 5.79. The van der Waals surface area contributed by atoms with Crippen molar-refractivity contribution in [1.82, 2.24) is 0 Å². The van der Waals surface area contributed by atoms with Gasteiger partial charge in [0.2, 0.25) is 5.91 Å². The first-order chi connectivity index (χ1) is 13.0. The molecule has 1 heterocycles. The summed E-state index contributed by atoms with van der Waals surface area (Å²) in [6.45, 7) is 3.67. The van der Waals surface area contributed by atoms with E-state index in [1.54, 1.807) is 29.2 Å². The van der Waals surface area contributed by atoms with E-state index in [9.17, 15) is 13.8 Å². The van der Waals surface area contributed by atoms with Gasteiger partial charge in [0.1, 0.15) is 11.5 Å². The van der Waals surface area contributed by atoms with Crippen LogP contribution < -0.4 is 9.64 Å². The summed E-state index contributed by atoms with van der Waals surface area (Å²) in [5.41, 5.74) is 2.56. The van der Waals surface area contributed by atoms with E-state index < -0.39 is 10.8 Å². The third kappa shape index (κ3) is 4.45. The van der Waals surface area contributed by atoms with E-state index in [-0.39, 0.29) is 35.8 Å². The van der Waals surface area contributed by atoms with Crippen LogP contribution in [0.15, 0.2) is 48.5 Å². The Morgan fingerprint density at radius 1 is 1.15 bits per heavy atom. The number of Topliss-reactive ketones (excluding diaryl/α,β-unsaturated/α-hetero) is 1. The van der Waals surface area contributed by atoms with E-state index in [0.29, 0.717) is 11.3 Å². The fraction of sp³-hybridized carbons (Fsp3) is 0.333. The zero-order valence-corrected chi connectivity index (χ0v) is 16.3. The number of para-hydroxylation sites is 2. The number of hydrogen-bond acceptors (Lipinski definition) is 4. The van der Waals surface area contributed by atoms with Gasteiger partial charge in [-0.25, -0.2) is 0 Å². The molecule has 2 aromatic rings. The van der Waals surface area contributed by atoms with Gasteiger partial charge >= 0.3 is 0 Å². The molecule has 0 unspecified atom stereocenters. The molecule has 142 valence electrons. The number of carbonyl (C=O) groups is 2. The van der Waals surface area contributed by atoms with Crippen molar-refractivity contribution in [2.45, 2.75) is 26.3 Å². The Hall–Kier alpha value is -2.47. The van der Waals surface area contributed by atoms with E-state index in [4.69, 9.17) is 4.74 Å². The third-order valence-electron chi connectivity index (χ3n) is 4.60. The van der Waals surface area contributed by atoms with E-state index in [1.807, 2.05) is 31.2 Å². The summed E-state index contributed by atoms with van der Waals surface area (Å²) in [7, 11) is -1.33. The first-order valence-corrected chi connectivity index (χ1v) is 10.4. The van der Waals surface area contributed by atoms with Crippen LogP contribution in [0.4, 0.5) is 5.69 Å². The van der Waals surface area contributed by atoms with Crippen LogP contribution in [0.3, 0.4) is 0 Å². The molecular weight excluding hydrogens is 362 g/mol. The standard InChI is InChI=1S/C21H23NO4S/c1-15-13-17-7-3-5-9-19(17)22(15)21(24)14-27(25)12-11-26-20-10-6-4-8-18(20)16(2)23/h3-10,15H,11-14H2,1-2H3/t15-,27+/m0/s1. The van der Waals surface area contributed by atoms with Gasteiger partial charge in [-0.15, -0.1) is 0 Å². The highest BCUT2D eigenvalue weighted by Gasteiger charge is 2.31. The predicted octanol–water partition coefficient (Wildman–Crippen LogP) is 2.99. The van der Waals surface area contributed by atoms with Crippen molar-refractivity contribution in [1.29, 1.82) is 0 Å². The largest absolute Gasteiger partial charge is 0.492 e. The fourth-order valence-corrected chi connectivity index (χ4v) is 4.18. The van der Waals surface area contributed by atoms with E-state index in [2.05, 4.69) is 0 Å². The van der Waals surface area contributed by atoms with Crippen LogP contribution in [0, 0.1) is 0 Å². The number of fused-ring (bicyclic) bond motifs is 1. The topological polar surface area (TPSA) is 63.7 Å². The molecule has 1 amide bonds. The minimum absolute atomic E-state index is 0.0314. The van der Waals surface area contributed by atoms with Crippen LogP contribution in [0.2, 0.25) is 0 Å². The highest BCUT2D eigenvalue weighted by atomic mass is 32.2. The maximum absolute atomic E-state index is 12.7. The minimum Gasteiger partial charge on any atom is -0.492 e. The second kappa shape index (κ2) is 8.48. The Morgan fingerprint density at radius 2 is 1.85 bits per heavy atom.